The number of aromatic nitrogens is 3. The third kappa shape index (κ3) is 4.65. The van der Waals surface area contributed by atoms with E-state index in [1.807, 2.05) is 49.9 Å². The number of nitrogens with zero attached hydrogens (tertiary/aromatic N) is 4. The molecule has 3 aromatic rings. The van der Waals surface area contributed by atoms with Crippen molar-refractivity contribution in [2.45, 2.75) is 58.7 Å². The van der Waals surface area contributed by atoms with Crippen LogP contribution in [-0.2, 0) is 12.1 Å². The van der Waals surface area contributed by atoms with Crippen molar-refractivity contribution in [3.8, 4) is 0 Å². The smallest absolute Gasteiger partial charge is 0.318 e. The molecule has 0 saturated carbocycles. The molecular formula is C25H30ClN5O. The molecule has 6 nitrogen and oxygen atoms in total. The zero-order valence-corrected chi connectivity index (χ0v) is 19.9. The van der Waals surface area contributed by atoms with Gasteiger partial charge in [0.05, 0.1) is 18.1 Å². The van der Waals surface area contributed by atoms with Gasteiger partial charge in [-0.2, -0.15) is 0 Å². The fraction of sp³-hybridized carbons (Fsp3) is 0.400. The highest BCUT2D eigenvalue weighted by Gasteiger charge is 2.36. The van der Waals surface area contributed by atoms with Gasteiger partial charge in [0.1, 0.15) is 5.82 Å². The van der Waals surface area contributed by atoms with Crippen molar-refractivity contribution in [3.63, 3.8) is 0 Å². The summed E-state index contributed by atoms with van der Waals surface area (Å²) < 4.78 is 2.10. The minimum atomic E-state index is -0.481. The zero-order valence-electron chi connectivity index (χ0n) is 19.1. The number of halogens is 1. The van der Waals surface area contributed by atoms with Crippen LogP contribution in [-0.4, -0.2) is 32.2 Å². The number of carbonyl (C=O) groups is 1. The Morgan fingerprint density at radius 2 is 1.78 bits per heavy atom. The lowest BCUT2D eigenvalue weighted by atomic mass is 9.93. The molecule has 1 aliphatic rings. The SMILES string of the molecule is Cc1ccc(C(C)(C)NC(=O)N2CCC[C@@H]2c2nnc(C)n2Cc2ccc(Cl)cc2)cc1. The standard InChI is InChI=1S/C25H30ClN5O/c1-17-7-11-20(12-8-17)25(3,4)27-24(32)30-15-5-6-22(30)23-29-28-18(2)31(23)16-19-9-13-21(26)14-10-19/h7-14,22H,5-6,15-16H2,1-4H3,(H,27,32)/t22-/m1/s1. The summed E-state index contributed by atoms with van der Waals surface area (Å²) in [4.78, 5) is 15.2. The molecule has 7 heteroatoms. The molecule has 0 spiro atoms. The molecule has 0 unspecified atom stereocenters. The number of likely N-dealkylation sites (tertiary alicyclic amines) is 1. The van der Waals surface area contributed by atoms with Crippen molar-refractivity contribution < 1.29 is 4.79 Å². The van der Waals surface area contributed by atoms with Gasteiger partial charge in [0.15, 0.2) is 5.82 Å². The summed E-state index contributed by atoms with van der Waals surface area (Å²) in [6.07, 6.45) is 1.81. The Labute approximate surface area is 194 Å². The number of amides is 2. The first-order valence-corrected chi connectivity index (χ1v) is 11.4. The van der Waals surface area contributed by atoms with Crippen LogP contribution in [0.4, 0.5) is 4.79 Å². The summed E-state index contributed by atoms with van der Waals surface area (Å²) in [5.74, 6) is 1.67. The Morgan fingerprint density at radius 3 is 2.47 bits per heavy atom. The lowest BCUT2D eigenvalue weighted by molar-refractivity contribution is 0.179. The van der Waals surface area contributed by atoms with Gasteiger partial charge in [-0.3, -0.25) is 0 Å². The fourth-order valence-electron chi connectivity index (χ4n) is 4.27. The summed E-state index contributed by atoms with van der Waals surface area (Å²) in [6.45, 7) is 9.43. The van der Waals surface area contributed by atoms with E-state index in [0.717, 1.165) is 35.6 Å². The van der Waals surface area contributed by atoms with E-state index in [1.165, 1.54) is 5.56 Å². The molecule has 0 bridgehead atoms. The summed E-state index contributed by atoms with van der Waals surface area (Å²) in [6, 6.07) is 15.9. The molecule has 1 atom stereocenters. The van der Waals surface area contributed by atoms with Gasteiger partial charge in [0.2, 0.25) is 0 Å². The van der Waals surface area contributed by atoms with Crippen LogP contribution in [0.25, 0.3) is 0 Å². The minimum Gasteiger partial charge on any atom is -0.329 e. The van der Waals surface area contributed by atoms with E-state index >= 15 is 0 Å². The highest BCUT2D eigenvalue weighted by atomic mass is 35.5. The number of carbonyl (C=O) groups excluding carboxylic acids is 1. The number of hydrogen-bond donors (Lipinski definition) is 1. The number of urea groups is 1. The summed E-state index contributed by atoms with van der Waals surface area (Å²) >= 11 is 6.04. The van der Waals surface area contributed by atoms with Crippen molar-refractivity contribution in [2.75, 3.05) is 6.54 Å². The van der Waals surface area contributed by atoms with Gasteiger partial charge >= 0.3 is 6.03 Å². The van der Waals surface area contributed by atoms with Crippen molar-refractivity contribution in [1.82, 2.24) is 25.0 Å². The van der Waals surface area contributed by atoms with Gasteiger partial charge in [-0.15, -0.1) is 10.2 Å². The average Bonchev–Trinajstić information content (AvgIpc) is 3.37. The fourth-order valence-corrected chi connectivity index (χ4v) is 4.40. The van der Waals surface area contributed by atoms with Crippen LogP contribution in [0.1, 0.15) is 61.1 Å². The van der Waals surface area contributed by atoms with E-state index in [0.29, 0.717) is 18.1 Å². The molecule has 1 fully saturated rings. The number of hydrogen-bond acceptors (Lipinski definition) is 3. The van der Waals surface area contributed by atoms with Crippen LogP contribution in [0.3, 0.4) is 0 Å². The van der Waals surface area contributed by atoms with Gasteiger partial charge in [0.25, 0.3) is 0 Å². The number of aryl methyl sites for hydroxylation is 2. The molecular weight excluding hydrogens is 422 g/mol. The Kier molecular flexibility index (Phi) is 6.24. The van der Waals surface area contributed by atoms with Crippen LogP contribution in [0.5, 0.6) is 0 Å². The van der Waals surface area contributed by atoms with Crippen molar-refractivity contribution in [1.29, 1.82) is 0 Å². The van der Waals surface area contributed by atoms with Gasteiger partial charge in [-0.1, -0.05) is 53.6 Å². The summed E-state index contributed by atoms with van der Waals surface area (Å²) in [5, 5.41) is 12.7. The second-order valence-electron chi connectivity index (χ2n) is 9.09. The Hall–Kier alpha value is -2.86. The van der Waals surface area contributed by atoms with Crippen LogP contribution >= 0.6 is 11.6 Å². The maximum Gasteiger partial charge on any atom is 0.318 e. The van der Waals surface area contributed by atoms with Crippen LogP contribution < -0.4 is 5.32 Å². The molecule has 1 N–H and O–H groups in total. The topological polar surface area (TPSA) is 63.1 Å². The summed E-state index contributed by atoms with van der Waals surface area (Å²) in [7, 11) is 0. The second kappa shape index (κ2) is 8.94. The van der Waals surface area contributed by atoms with Crippen LogP contribution in [0, 0.1) is 13.8 Å². The molecule has 1 aliphatic heterocycles. The highest BCUT2D eigenvalue weighted by molar-refractivity contribution is 6.30. The first-order valence-electron chi connectivity index (χ1n) is 11.0. The molecule has 1 aromatic heterocycles. The largest absolute Gasteiger partial charge is 0.329 e. The minimum absolute atomic E-state index is 0.0724. The van der Waals surface area contributed by atoms with Crippen LogP contribution in [0.15, 0.2) is 48.5 Å². The number of nitrogens with one attached hydrogen (secondary N) is 1. The van der Waals surface area contributed by atoms with E-state index in [2.05, 4.69) is 51.3 Å². The number of rotatable bonds is 5. The first-order chi connectivity index (χ1) is 15.2. The molecule has 2 amide bonds. The molecule has 32 heavy (non-hydrogen) atoms. The summed E-state index contributed by atoms with van der Waals surface area (Å²) in [5.41, 5.74) is 2.91. The van der Waals surface area contributed by atoms with E-state index in [9.17, 15) is 4.79 Å². The predicted molar refractivity (Wildman–Crippen MR) is 127 cm³/mol. The zero-order chi connectivity index (χ0) is 22.9. The second-order valence-corrected chi connectivity index (χ2v) is 9.53. The Bertz CT molecular complexity index is 1090. The third-order valence-electron chi connectivity index (χ3n) is 6.22. The van der Waals surface area contributed by atoms with Gasteiger partial charge in [-0.05, 0) is 63.8 Å². The highest BCUT2D eigenvalue weighted by Crippen LogP contribution is 2.32. The molecule has 0 radical (unpaired) electrons. The van der Waals surface area contributed by atoms with E-state index in [4.69, 9.17) is 11.6 Å². The third-order valence-corrected chi connectivity index (χ3v) is 6.47. The molecule has 0 aliphatic carbocycles. The lowest BCUT2D eigenvalue weighted by Gasteiger charge is -2.32. The van der Waals surface area contributed by atoms with Gasteiger partial charge in [0, 0.05) is 11.6 Å². The normalized spacial score (nSPS) is 16.4. The van der Waals surface area contributed by atoms with E-state index in [1.54, 1.807) is 0 Å². The van der Waals surface area contributed by atoms with Gasteiger partial charge < -0.3 is 14.8 Å². The van der Waals surface area contributed by atoms with Crippen molar-refractivity contribution in [3.05, 3.63) is 81.9 Å². The lowest BCUT2D eigenvalue weighted by Crippen LogP contribution is -2.48. The van der Waals surface area contributed by atoms with Crippen molar-refractivity contribution >= 4 is 17.6 Å². The van der Waals surface area contributed by atoms with Gasteiger partial charge in [-0.25, -0.2) is 4.79 Å². The maximum atomic E-state index is 13.3. The van der Waals surface area contributed by atoms with E-state index in [-0.39, 0.29) is 12.1 Å². The van der Waals surface area contributed by atoms with Crippen LogP contribution in [0.2, 0.25) is 5.02 Å². The number of benzene rings is 2. The quantitative estimate of drug-likeness (QED) is 0.566. The maximum absolute atomic E-state index is 13.3. The average molecular weight is 452 g/mol. The first kappa shape index (κ1) is 22.3. The Morgan fingerprint density at radius 1 is 1.09 bits per heavy atom. The van der Waals surface area contributed by atoms with Crippen molar-refractivity contribution in [2.24, 2.45) is 0 Å². The molecule has 2 aromatic carbocycles. The Balaban J connectivity index is 1.54. The predicted octanol–water partition coefficient (Wildman–Crippen LogP) is 5.38. The molecule has 4 rings (SSSR count). The van der Waals surface area contributed by atoms with E-state index < -0.39 is 5.54 Å². The molecule has 168 valence electrons. The molecule has 1 saturated heterocycles. The molecule has 2 heterocycles. The monoisotopic (exact) mass is 451 g/mol.